The van der Waals surface area contributed by atoms with E-state index in [2.05, 4.69) is 0 Å². The largest absolute Gasteiger partial charge is 0.392 e. The Morgan fingerprint density at radius 2 is 1.65 bits per heavy atom. The van der Waals surface area contributed by atoms with E-state index >= 15 is 0 Å². The summed E-state index contributed by atoms with van der Waals surface area (Å²) in [5.74, 6) is 0. The summed E-state index contributed by atoms with van der Waals surface area (Å²) < 4.78 is 22.6. The zero-order chi connectivity index (χ0) is 13.3. The fourth-order valence-corrected chi connectivity index (χ4v) is 2.03. The lowest BCUT2D eigenvalue weighted by atomic mass is 9.85. The lowest BCUT2D eigenvalue weighted by Gasteiger charge is -2.25. The van der Waals surface area contributed by atoms with Crippen LogP contribution in [0.15, 0.2) is 29.2 Å². The van der Waals surface area contributed by atoms with Gasteiger partial charge in [0.05, 0.1) is 11.0 Å². The minimum absolute atomic E-state index is 0.171. The van der Waals surface area contributed by atoms with Crippen molar-refractivity contribution in [2.24, 2.45) is 5.41 Å². The number of rotatable bonds is 3. The van der Waals surface area contributed by atoms with Crippen molar-refractivity contribution in [3.05, 3.63) is 29.8 Å². The first kappa shape index (κ1) is 14.2. The standard InChI is InChI=1S/C13H20O3S/c1-13(2,3)12(14)9-10-5-7-11(8-6-10)17(4,15)16/h5-8,12,14H,9H2,1-4H3. The lowest BCUT2D eigenvalue weighted by Crippen LogP contribution is -2.28. The molecule has 0 saturated heterocycles. The molecule has 1 atom stereocenters. The fraction of sp³-hybridized carbons (Fsp3) is 0.538. The highest BCUT2D eigenvalue weighted by Gasteiger charge is 2.22. The van der Waals surface area contributed by atoms with Crippen LogP contribution in [0.1, 0.15) is 26.3 Å². The maximum absolute atomic E-state index is 11.3. The van der Waals surface area contributed by atoms with Crippen LogP contribution in [0.5, 0.6) is 0 Å². The molecule has 0 heterocycles. The summed E-state index contributed by atoms with van der Waals surface area (Å²) in [6.45, 7) is 5.92. The van der Waals surface area contributed by atoms with E-state index in [0.717, 1.165) is 5.56 Å². The summed E-state index contributed by atoms with van der Waals surface area (Å²) in [7, 11) is -3.14. The van der Waals surface area contributed by atoms with Crippen molar-refractivity contribution >= 4 is 9.84 Å². The number of sulfone groups is 1. The molecule has 0 aliphatic carbocycles. The third-order valence-corrected chi connectivity index (χ3v) is 3.91. The maximum atomic E-state index is 11.3. The van der Waals surface area contributed by atoms with Gasteiger partial charge in [-0.25, -0.2) is 8.42 Å². The number of hydrogen-bond donors (Lipinski definition) is 1. The zero-order valence-corrected chi connectivity index (χ0v) is 11.6. The third kappa shape index (κ3) is 4.13. The SMILES string of the molecule is CC(C)(C)C(O)Cc1ccc(S(C)(=O)=O)cc1. The van der Waals surface area contributed by atoms with E-state index in [4.69, 9.17) is 0 Å². The molecule has 17 heavy (non-hydrogen) atoms. The number of hydrogen-bond acceptors (Lipinski definition) is 3. The molecule has 0 fully saturated rings. The van der Waals surface area contributed by atoms with E-state index in [1.54, 1.807) is 24.3 Å². The molecule has 0 radical (unpaired) electrons. The Hall–Kier alpha value is -0.870. The Labute approximate surface area is 103 Å². The van der Waals surface area contributed by atoms with Crippen LogP contribution in [-0.2, 0) is 16.3 Å². The molecule has 0 amide bonds. The van der Waals surface area contributed by atoms with Gasteiger partial charge >= 0.3 is 0 Å². The Morgan fingerprint density at radius 3 is 2.00 bits per heavy atom. The van der Waals surface area contributed by atoms with E-state index in [9.17, 15) is 13.5 Å². The molecular weight excluding hydrogens is 236 g/mol. The number of benzene rings is 1. The summed E-state index contributed by atoms with van der Waals surface area (Å²) in [5.41, 5.74) is 0.773. The highest BCUT2D eigenvalue weighted by molar-refractivity contribution is 7.90. The van der Waals surface area contributed by atoms with Gasteiger partial charge in [0.15, 0.2) is 9.84 Å². The predicted octanol–water partition coefficient (Wildman–Crippen LogP) is 2.04. The van der Waals surface area contributed by atoms with Crippen LogP contribution >= 0.6 is 0 Å². The summed E-state index contributed by atoms with van der Waals surface area (Å²) in [5, 5.41) is 9.95. The minimum atomic E-state index is -3.14. The summed E-state index contributed by atoms with van der Waals surface area (Å²) in [6.07, 6.45) is 1.28. The van der Waals surface area contributed by atoms with Crippen molar-refractivity contribution in [2.75, 3.05) is 6.26 Å². The highest BCUT2D eigenvalue weighted by atomic mass is 32.2. The maximum Gasteiger partial charge on any atom is 0.175 e. The van der Waals surface area contributed by atoms with Crippen molar-refractivity contribution in [3.63, 3.8) is 0 Å². The van der Waals surface area contributed by atoms with Gasteiger partial charge in [-0.15, -0.1) is 0 Å². The van der Waals surface area contributed by atoms with E-state index in [-0.39, 0.29) is 5.41 Å². The first-order valence-electron chi connectivity index (χ1n) is 5.58. The lowest BCUT2D eigenvalue weighted by molar-refractivity contribution is 0.0636. The van der Waals surface area contributed by atoms with Crippen LogP contribution in [-0.4, -0.2) is 25.9 Å². The molecule has 0 saturated carbocycles. The highest BCUT2D eigenvalue weighted by Crippen LogP contribution is 2.22. The van der Waals surface area contributed by atoms with E-state index in [1.807, 2.05) is 20.8 Å². The first-order chi connectivity index (χ1) is 7.60. The van der Waals surface area contributed by atoms with E-state index < -0.39 is 15.9 Å². The molecule has 1 N–H and O–H groups in total. The molecule has 1 aromatic rings. The summed E-state index contributed by atoms with van der Waals surface area (Å²) in [4.78, 5) is 0.312. The minimum Gasteiger partial charge on any atom is -0.392 e. The van der Waals surface area contributed by atoms with Crippen molar-refractivity contribution in [1.82, 2.24) is 0 Å². The third-order valence-electron chi connectivity index (χ3n) is 2.78. The van der Waals surface area contributed by atoms with Gasteiger partial charge < -0.3 is 5.11 Å². The molecule has 0 aromatic heterocycles. The fourth-order valence-electron chi connectivity index (χ4n) is 1.40. The molecule has 4 heteroatoms. The van der Waals surface area contributed by atoms with Crippen molar-refractivity contribution < 1.29 is 13.5 Å². The molecular formula is C13H20O3S. The topological polar surface area (TPSA) is 54.4 Å². The molecule has 1 rings (SSSR count). The van der Waals surface area contributed by atoms with Crippen LogP contribution in [0.2, 0.25) is 0 Å². The molecule has 0 spiro atoms. The Kier molecular flexibility index (Phi) is 3.99. The van der Waals surface area contributed by atoms with Gasteiger partial charge in [0, 0.05) is 6.26 Å². The van der Waals surface area contributed by atoms with Gasteiger partial charge in [0.2, 0.25) is 0 Å². The number of aliphatic hydroxyl groups excluding tert-OH is 1. The van der Waals surface area contributed by atoms with Gasteiger partial charge in [-0.3, -0.25) is 0 Å². The summed E-state index contributed by atoms with van der Waals surface area (Å²) in [6, 6.07) is 6.68. The molecule has 0 aliphatic heterocycles. The van der Waals surface area contributed by atoms with Crippen molar-refractivity contribution in [2.45, 2.75) is 38.2 Å². The van der Waals surface area contributed by atoms with Gasteiger partial charge in [0.1, 0.15) is 0 Å². The van der Waals surface area contributed by atoms with Crippen LogP contribution in [0, 0.1) is 5.41 Å². The smallest absolute Gasteiger partial charge is 0.175 e. The molecule has 0 aliphatic rings. The molecule has 1 unspecified atom stereocenters. The monoisotopic (exact) mass is 256 g/mol. The number of aliphatic hydroxyl groups is 1. The normalized spacial score (nSPS) is 14.6. The second-order valence-electron chi connectivity index (χ2n) is 5.50. The Morgan fingerprint density at radius 1 is 1.18 bits per heavy atom. The second-order valence-corrected chi connectivity index (χ2v) is 7.52. The molecule has 0 bridgehead atoms. The van der Waals surface area contributed by atoms with Crippen LogP contribution in [0.3, 0.4) is 0 Å². The van der Waals surface area contributed by atoms with Gasteiger partial charge in [-0.1, -0.05) is 32.9 Å². The van der Waals surface area contributed by atoms with E-state index in [1.165, 1.54) is 6.26 Å². The van der Waals surface area contributed by atoms with Gasteiger partial charge in [-0.05, 0) is 29.5 Å². The van der Waals surface area contributed by atoms with Gasteiger partial charge in [-0.2, -0.15) is 0 Å². The molecule has 1 aromatic carbocycles. The van der Waals surface area contributed by atoms with Crippen molar-refractivity contribution in [3.8, 4) is 0 Å². The Balaban J connectivity index is 2.83. The quantitative estimate of drug-likeness (QED) is 0.900. The average molecular weight is 256 g/mol. The van der Waals surface area contributed by atoms with E-state index in [0.29, 0.717) is 11.3 Å². The Bertz CT molecular complexity index is 466. The zero-order valence-electron chi connectivity index (χ0n) is 10.8. The molecule has 3 nitrogen and oxygen atoms in total. The van der Waals surface area contributed by atoms with Crippen LogP contribution in [0.4, 0.5) is 0 Å². The average Bonchev–Trinajstić information content (AvgIpc) is 2.15. The van der Waals surface area contributed by atoms with Crippen LogP contribution in [0.25, 0.3) is 0 Å². The summed E-state index contributed by atoms with van der Waals surface area (Å²) >= 11 is 0. The first-order valence-corrected chi connectivity index (χ1v) is 7.47. The second kappa shape index (κ2) is 4.78. The van der Waals surface area contributed by atoms with Crippen molar-refractivity contribution in [1.29, 1.82) is 0 Å². The predicted molar refractivity (Wildman–Crippen MR) is 68.7 cm³/mol. The molecule has 96 valence electrons. The van der Waals surface area contributed by atoms with Crippen LogP contribution < -0.4 is 0 Å². The van der Waals surface area contributed by atoms with Gasteiger partial charge in [0.25, 0.3) is 0 Å².